The van der Waals surface area contributed by atoms with Crippen molar-refractivity contribution in [2.24, 2.45) is 0 Å². The minimum atomic E-state index is 0.198. The summed E-state index contributed by atoms with van der Waals surface area (Å²) in [5.74, 6) is 0.977. The van der Waals surface area contributed by atoms with Gasteiger partial charge in [0, 0.05) is 5.56 Å². The standard InChI is InChI=1S/C15H19NOS/c1-3-9-17-14-7-5-4-6-13(14)15(16-2)12-8-10-18-11-12/h4-8,10-11,15-16H,3,9H2,1-2H3. The second kappa shape index (κ2) is 6.57. The van der Waals surface area contributed by atoms with Gasteiger partial charge in [0.25, 0.3) is 0 Å². The third kappa shape index (κ3) is 2.92. The molecule has 0 saturated heterocycles. The van der Waals surface area contributed by atoms with Gasteiger partial charge in [-0.15, -0.1) is 0 Å². The van der Waals surface area contributed by atoms with E-state index in [-0.39, 0.29) is 6.04 Å². The number of hydrogen-bond donors (Lipinski definition) is 1. The lowest BCUT2D eigenvalue weighted by Gasteiger charge is -2.19. The van der Waals surface area contributed by atoms with Gasteiger partial charge in [0.2, 0.25) is 0 Å². The van der Waals surface area contributed by atoms with Crippen LogP contribution in [0.15, 0.2) is 41.1 Å². The summed E-state index contributed by atoms with van der Waals surface area (Å²) >= 11 is 1.72. The van der Waals surface area contributed by atoms with Crippen LogP contribution in [-0.2, 0) is 0 Å². The first-order valence-corrected chi connectivity index (χ1v) is 7.22. The smallest absolute Gasteiger partial charge is 0.124 e. The van der Waals surface area contributed by atoms with Gasteiger partial charge >= 0.3 is 0 Å². The van der Waals surface area contributed by atoms with E-state index in [9.17, 15) is 0 Å². The average Bonchev–Trinajstić information content (AvgIpc) is 2.92. The molecule has 0 aliphatic carbocycles. The summed E-state index contributed by atoms with van der Waals surface area (Å²) in [6.45, 7) is 2.88. The molecule has 0 saturated carbocycles. The van der Waals surface area contributed by atoms with Gasteiger partial charge in [-0.3, -0.25) is 0 Å². The van der Waals surface area contributed by atoms with Crippen LogP contribution in [0.3, 0.4) is 0 Å². The maximum absolute atomic E-state index is 5.83. The lowest BCUT2D eigenvalue weighted by Crippen LogP contribution is -2.18. The fraction of sp³-hybridized carbons (Fsp3) is 0.333. The molecule has 0 aliphatic rings. The quantitative estimate of drug-likeness (QED) is 0.853. The fourth-order valence-electron chi connectivity index (χ4n) is 2.00. The fourth-order valence-corrected chi connectivity index (χ4v) is 2.69. The molecule has 0 aliphatic heterocycles. The zero-order valence-corrected chi connectivity index (χ0v) is 11.7. The Morgan fingerprint density at radius 2 is 2.11 bits per heavy atom. The van der Waals surface area contributed by atoms with Gasteiger partial charge in [-0.2, -0.15) is 11.3 Å². The normalized spacial score (nSPS) is 12.3. The highest BCUT2D eigenvalue weighted by atomic mass is 32.1. The van der Waals surface area contributed by atoms with Crippen LogP contribution < -0.4 is 10.1 Å². The second-order valence-electron chi connectivity index (χ2n) is 4.16. The van der Waals surface area contributed by atoms with Crippen molar-refractivity contribution in [3.63, 3.8) is 0 Å². The van der Waals surface area contributed by atoms with Crippen molar-refractivity contribution in [2.45, 2.75) is 19.4 Å². The molecular weight excluding hydrogens is 242 g/mol. The van der Waals surface area contributed by atoms with Crippen molar-refractivity contribution < 1.29 is 4.74 Å². The first kappa shape index (κ1) is 13.1. The summed E-state index contributed by atoms with van der Waals surface area (Å²) in [5, 5.41) is 7.65. The summed E-state index contributed by atoms with van der Waals surface area (Å²) in [4.78, 5) is 0. The summed E-state index contributed by atoms with van der Waals surface area (Å²) < 4.78 is 5.83. The Morgan fingerprint density at radius 3 is 2.78 bits per heavy atom. The average molecular weight is 261 g/mol. The Balaban J connectivity index is 2.30. The van der Waals surface area contributed by atoms with Gasteiger partial charge in [-0.25, -0.2) is 0 Å². The number of benzene rings is 1. The lowest BCUT2D eigenvalue weighted by molar-refractivity contribution is 0.312. The van der Waals surface area contributed by atoms with Crippen molar-refractivity contribution in [3.8, 4) is 5.75 Å². The molecule has 2 aromatic rings. The van der Waals surface area contributed by atoms with E-state index in [1.54, 1.807) is 11.3 Å². The SMILES string of the molecule is CCCOc1ccccc1C(NC)c1ccsc1. The number of ether oxygens (including phenoxy) is 1. The molecule has 1 aromatic heterocycles. The van der Waals surface area contributed by atoms with Crippen LogP contribution >= 0.6 is 11.3 Å². The van der Waals surface area contributed by atoms with Gasteiger partial charge in [0.1, 0.15) is 5.75 Å². The summed E-state index contributed by atoms with van der Waals surface area (Å²) in [6.07, 6.45) is 1.02. The van der Waals surface area contributed by atoms with E-state index in [1.807, 2.05) is 19.2 Å². The zero-order chi connectivity index (χ0) is 12.8. The molecule has 1 unspecified atom stereocenters. The van der Waals surface area contributed by atoms with Crippen LogP contribution in [0.2, 0.25) is 0 Å². The van der Waals surface area contributed by atoms with E-state index < -0.39 is 0 Å². The van der Waals surface area contributed by atoms with Gasteiger partial charge < -0.3 is 10.1 Å². The van der Waals surface area contributed by atoms with Crippen LogP contribution in [0.1, 0.15) is 30.5 Å². The molecule has 0 radical (unpaired) electrons. The third-order valence-corrected chi connectivity index (χ3v) is 3.56. The number of para-hydroxylation sites is 1. The van der Waals surface area contributed by atoms with E-state index in [2.05, 4.69) is 41.2 Å². The Hall–Kier alpha value is -1.32. The predicted molar refractivity (Wildman–Crippen MR) is 77.4 cm³/mol. The molecule has 1 N–H and O–H groups in total. The molecule has 18 heavy (non-hydrogen) atoms. The second-order valence-corrected chi connectivity index (χ2v) is 4.94. The van der Waals surface area contributed by atoms with Crippen LogP contribution in [-0.4, -0.2) is 13.7 Å². The maximum Gasteiger partial charge on any atom is 0.124 e. The predicted octanol–water partition coefficient (Wildman–Crippen LogP) is 3.85. The molecule has 1 heterocycles. The van der Waals surface area contributed by atoms with Crippen LogP contribution in [0.5, 0.6) is 5.75 Å². The Bertz CT molecular complexity index is 467. The van der Waals surface area contributed by atoms with E-state index in [1.165, 1.54) is 11.1 Å². The maximum atomic E-state index is 5.83. The van der Waals surface area contributed by atoms with E-state index in [0.717, 1.165) is 18.8 Å². The molecular formula is C15H19NOS. The lowest BCUT2D eigenvalue weighted by atomic mass is 10.0. The number of nitrogens with one attached hydrogen (secondary N) is 1. The first-order valence-electron chi connectivity index (χ1n) is 6.28. The van der Waals surface area contributed by atoms with Gasteiger partial charge in [0.15, 0.2) is 0 Å². The molecule has 0 fully saturated rings. The Kier molecular flexibility index (Phi) is 4.79. The first-order chi connectivity index (χ1) is 8.86. The molecule has 0 bridgehead atoms. The summed E-state index contributed by atoms with van der Waals surface area (Å²) in [5.41, 5.74) is 2.49. The monoisotopic (exact) mass is 261 g/mol. The van der Waals surface area contributed by atoms with Crippen molar-refractivity contribution in [2.75, 3.05) is 13.7 Å². The molecule has 0 amide bonds. The molecule has 3 heteroatoms. The van der Waals surface area contributed by atoms with Gasteiger partial charge in [-0.1, -0.05) is 25.1 Å². The van der Waals surface area contributed by atoms with E-state index in [4.69, 9.17) is 4.74 Å². The Morgan fingerprint density at radius 1 is 1.28 bits per heavy atom. The largest absolute Gasteiger partial charge is 0.493 e. The number of thiophene rings is 1. The van der Waals surface area contributed by atoms with Gasteiger partial charge in [0.05, 0.1) is 12.6 Å². The third-order valence-electron chi connectivity index (χ3n) is 2.86. The molecule has 1 aromatic carbocycles. The highest BCUT2D eigenvalue weighted by Crippen LogP contribution is 2.30. The van der Waals surface area contributed by atoms with Crippen LogP contribution in [0.25, 0.3) is 0 Å². The van der Waals surface area contributed by atoms with Crippen molar-refractivity contribution in [1.82, 2.24) is 5.32 Å². The van der Waals surface area contributed by atoms with E-state index in [0.29, 0.717) is 0 Å². The Labute approximate surface area is 113 Å². The topological polar surface area (TPSA) is 21.3 Å². The van der Waals surface area contributed by atoms with Crippen LogP contribution in [0.4, 0.5) is 0 Å². The molecule has 1 atom stereocenters. The van der Waals surface area contributed by atoms with Crippen molar-refractivity contribution in [1.29, 1.82) is 0 Å². The van der Waals surface area contributed by atoms with E-state index >= 15 is 0 Å². The molecule has 2 nitrogen and oxygen atoms in total. The minimum Gasteiger partial charge on any atom is -0.493 e. The summed E-state index contributed by atoms with van der Waals surface area (Å²) in [6, 6.07) is 10.6. The highest BCUT2D eigenvalue weighted by Gasteiger charge is 2.16. The van der Waals surface area contributed by atoms with Crippen LogP contribution in [0, 0.1) is 0 Å². The highest BCUT2D eigenvalue weighted by molar-refractivity contribution is 7.08. The molecule has 2 rings (SSSR count). The minimum absolute atomic E-state index is 0.198. The molecule has 0 spiro atoms. The molecule has 96 valence electrons. The summed E-state index contributed by atoms with van der Waals surface area (Å²) in [7, 11) is 1.99. The van der Waals surface area contributed by atoms with Crippen molar-refractivity contribution >= 4 is 11.3 Å². The van der Waals surface area contributed by atoms with Crippen molar-refractivity contribution in [3.05, 3.63) is 52.2 Å². The zero-order valence-electron chi connectivity index (χ0n) is 10.8. The van der Waals surface area contributed by atoms with Gasteiger partial charge in [-0.05, 0) is 41.9 Å². The number of rotatable bonds is 6. The number of hydrogen-bond acceptors (Lipinski definition) is 3.